The third-order valence-electron chi connectivity index (χ3n) is 2.80. The minimum Gasteiger partial charge on any atom is -0.480 e. The van der Waals surface area contributed by atoms with E-state index in [2.05, 4.69) is 5.32 Å². The number of aryl methyl sites for hydroxylation is 1. The lowest BCUT2D eigenvalue weighted by atomic mass is 10.1. The van der Waals surface area contributed by atoms with Crippen molar-refractivity contribution in [3.8, 4) is 0 Å². The molecule has 1 aromatic carbocycles. The van der Waals surface area contributed by atoms with Crippen LogP contribution >= 0.6 is 0 Å². The first-order valence-corrected chi connectivity index (χ1v) is 6.24. The molecular weight excluding hydrogens is 260 g/mol. The summed E-state index contributed by atoms with van der Waals surface area (Å²) in [6, 6.07) is 6.29. The minimum atomic E-state index is -1.18. The highest BCUT2D eigenvalue weighted by molar-refractivity contribution is 5.85. The van der Waals surface area contributed by atoms with Gasteiger partial charge in [-0.05, 0) is 18.9 Å². The van der Waals surface area contributed by atoms with Gasteiger partial charge in [0.2, 0.25) is 11.8 Å². The summed E-state index contributed by atoms with van der Waals surface area (Å²) in [7, 11) is 0. The van der Waals surface area contributed by atoms with E-state index in [1.54, 1.807) is 0 Å². The van der Waals surface area contributed by atoms with Crippen LogP contribution in [0.4, 0.5) is 0 Å². The predicted molar refractivity (Wildman–Crippen MR) is 72.9 cm³/mol. The predicted octanol–water partition coefficient (Wildman–Crippen LogP) is 0.372. The lowest BCUT2D eigenvalue weighted by molar-refractivity contribution is -0.142. The van der Waals surface area contributed by atoms with E-state index in [9.17, 15) is 14.4 Å². The largest absolute Gasteiger partial charge is 0.480 e. The first-order chi connectivity index (χ1) is 9.38. The fourth-order valence-corrected chi connectivity index (χ4v) is 1.68. The van der Waals surface area contributed by atoms with Crippen molar-refractivity contribution in [2.24, 2.45) is 5.73 Å². The van der Waals surface area contributed by atoms with E-state index in [4.69, 9.17) is 10.8 Å². The van der Waals surface area contributed by atoms with Crippen LogP contribution in [0.5, 0.6) is 0 Å². The van der Waals surface area contributed by atoms with Gasteiger partial charge in [0.15, 0.2) is 0 Å². The Kier molecular flexibility index (Phi) is 5.71. The molecule has 1 aromatic rings. The van der Waals surface area contributed by atoms with Crippen molar-refractivity contribution in [3.05, 3.63) is 35.4 Å². The Bertz CT molecular complexity index is 496. The van der Waals surface area contributed by atoms with Crippen molar-refractivity contribution in [2.75, 3.05) is 0 Å². The lowest BCUT2D eigenvalue weighted by Crippen LogP contribution is -2.42. The molecule has 0 saturated carbocycles. The van der Waals surface area contributed by atoms with Crippen LogP contribution in [0, 0.1) is 6.92 Å². The zero-order chi connectivity index (χ0) is 15.1. The molecule has 0 fully saturated rings. The van der Waals surface area contributed by atoms with E-state index in [-0.39, 0.29) is 19.3 Å². The molecule has 0 unspecified atom stereocenters. The van der Waals surface area contributed by atoms with Crippen LogP contribution in [0.3, 0.4) is 0 Å². The first kappa shape index (κ1) is 15.7. The molecule has 4 N–H and O–H groups in total. The number of aliphatic carboxylic acids is 1. The van der Waals surface area contributed by atoms with Crippen LogP contribution in [0.15, 0.2) is 24.3 Å². The van der Waals surface area contributed by atoms with Gasteiger partial charge in [0, 0.05) is 6.42 Å². The van der Waals surface area contributed by atoms with Crippen LogP contribution in [0.1, 0.15) is 24.0 Å². The Morgan fingerprint density at radius 3 is 2.35 bits per heavy atom. The summed E-state index contributed by atoms with van der Waals surface area (Å²) in [6.45, 7) is 1.94. The van der Waals surface area contributed by atoms with Gasteiger partial charge in [-0.15, -0.1) is 0 Å². The summed E-state index contributed by atoms with van der Waals surface area (Å²) in [5.74, 6) is -2.17. The summed E-state index contributed by atoms with van der Waals surface area (Å²) < 4.78 is 0. The Balaban J connectivity index is 2.55. The smallest absolute Gasteiger partial charge is 0.326 e. The first-order valence-electron chi connectivity index (χ1n) is 6.24. The molecule has 6 heteroatoms. The molecule has 0 heterocycles. The van der Waals surface area contributed by atoms with E-state index in [1.165, 1.54) is 0 Å². The quantitative estimate of drug-likeness (QED) is 0.669. The number of carbonyl (C=O) groups excluding carboxylic acids is 2. The van der Waals surface area contributed by atoms with Crippen molar-refractivity contribution in [3.63, 3.8) is 0 Å². The van der Waals surface area contributed by atoms with Crippen LogP contribution < -0.4 is 11.1 Å². The number of benzene rings is 1. The molecule has 108 valence electrons. The molecule has 6 nitrogen and oxygen atoms in total. The number of carboxylic acids is 1. The maximum absolute atomic E-state index is 11.8. The van der Waals surface area contributed by atoms with Crippen LogP contribution in [0.2, 0.25) is 0 Å². The number of nitrogens with one attached hydrogen (secondary N) is 1. The molecule has 0 aliphatic heterocycles. The van der Waals surface area contributed by atoms with Crippen LogP contribution in [-0.2, 0) is 20.8 Å². The monoisotopic (exact) mass is 278 g/mol. The maximum atomic E-state index is 11.8. The number of primary amides is 1. The molecule has 1 atom stereocenters. The molecule has 0 aromatic heterocycles. The fourth-order valence-electron chi connectivity index (χ4n) is 1.68. The van der Waals surface area contributed by atoms with E-state index < -0.39 is 23.8 Å². The molecule has 0 aliphatic carbocycles. The van der Waals surface area contributed by atoms with Gasteiger partial charge in [0.05, 0.1) is 6.42 Å². The number of carboxylic acid groups (broad SMARTS) is 1. The van der Waals surface area contributed by atoms with Gasteiger partial charge >= 0.3 is 5.97 Å². The second-order valence-electron chi connectivity index (χ2n) is 4.63. The molecule has 0 spiro atoms. The zero-order valence-corrected chi connectivity index (χ0v) is 11.3. The molecule has 0 aliphatic rings. The number of rotatable bonds is 7. The Hall–Kier alpha value is -2.37. The number of nitrogens with two attached hydrogens (primary N) is 1. The summed E-state index contributed by atoms with van der Waals surface area (Å²) in [5.41, 5.74) is 6.85. The molecule has 0 saturated heterocycles. The second-order valence-corrected chi connectivity index (χ2v) is 4.63. The standard InChI is InChI=1S/C14H18N2O4/c1-9-2-4-10(5-3-9)8-13(18)16-11(14(19)20)6-7-12(15)17/h2-5,11H,6-8H2,1H3,(H2,15,17)(H,16,18)(H,19,20)/t11-/m0/s1. The highest BCUT2D eigenvalue weighted by Gasteiger charge is 2.20. The van der Waals surface area contributed by atoms with E-state index >= 15 is 0 Å². The summed E-state index contributed by atoms with van der Waals surface area (Å²) in [6.07, 6.45) is 0.00666. The van der Waals surface area contributed by atoms with Gasteiger partial charge in [0.25, 0.3) is 0 Å². The Morgan fingerprint density at radius 2 is 1.85 bits per heavy atom. The molecule has 20 heavy (non-hydrogen) atoms. The van der Waals surface area contributed by atoms with Crippen molar-refractivity contribution >= 4 is 17.8 Å². The fraction of sp³-hybridized carbons (Fsp3) is 0.357. The molecular formula is C14H18N2O4. The highest BCUT2D eigenvalue weighted by Crippen LogP contribution is 2.05. The SMILES string of the molecule is Cc1ccc(CC(=O)N[C@@H](CCC(N)=O)C(=O)O)cc1. The number of carbonyl (C=O) groups is 3. The zero-order valence-electron chi connectivity index (χ0n) is 11.3. The van der Waals surface area contributed by atoms with Gasteiger partial charge in [-0.25, -0.2) is 4.79 Å². The van der Waals surface area contributed by atoms with Crippen LogP contribution in [-0.4, -0.2) is 28.9 Å². The number of hydrogen-bond acceptors (Lipinski definition) is 3. The molecule has 0 radical (unpaired) electrons. The summed E-state index contributed by atoms with van der Waals surface area (Å²) >= 11 is 0. The Morgan fingerprint density at radius 1 is 1.25 bits per heavy atom. The van der Waals surface area contributed by atoms with Gasteiger partial charge in [-0.3, -0.25) is 9.59 Å². The van der Waals surface area contributed by atoms with Crippen molar-refractivity contribution in [1.82, 2.24) is 5.32 Å². The average Bonchev–Trinajstić information content (AvgIpc) is 2.36. The topological polar surface area (TPSA) is 109 Å². The number of hydrogen-bond donors (Lipinski definition) is 3. The Labute approximate surface area is 117 Å². The molecule has 2 amide bonds. The van der Waals surface area contributed by atoms with Crippen molar-refractivity contribution in [2.45, 2.75) is 32.2 Å². The van der Waals surface area contributed by atoms with E-state index in [0.717, 1.165) is 11.1 Å². The number of amides is 2. The lowest BCUT2D eigenvalue weighted by Gasteiger charge is -2.13. The van der Waals surface area contributed by atoms with Gasteiger partial charge in [-0.1, -0.05) is 29.8 Å². The van der Waals surface area contributed by atoms with Crippen LogP contribution in [0.25, 0.3) is 0 Å². The van der Waals surface area contributed by atoms with Gasteiger partial charge in [-0.2, -0.15) is 0 Å². The maximum Gasteiger partial charge on any atom is 0.326 e. The third kappa shape index (κ3) is 5.51. The average molecular weight is 278 g/mol. The van der Waals surface area contributed by atoms with Crippen molar-refractivity contribution in [1.29, 1.82) is 0 Å². The normalized spacial score (nSPS) is 11.7. The van der Waals surface area contributed by atoms with E-state index in [0.29, 0.717) is 0 Å². The third-order valence-corrected chi connectivity index (χ3v) is 2.80. The molecule has 1 rings (SSSR count). The van der Waals surface area contributed by atoms with E-state index in [1.807, 2.05) is 31.2 Å². The van der Waals surface area contributed by atoms with Gasteiger partial charge < -0.3 is 16.2 Å². The van der Waals surface area contributed by atoms with Gasteiger partial charge in [0.1, 0.15) is 6.04 Å². The summed E-state index contributed by atoms with van der Waals surface area (Å²) in [4.78, 5) is 33.4. The highest BCUT2D eigenvalue weighted by atomic mass is 16.4. The second kappa shape index (κ2) is 7.28. The minimum absolute atomic E-state index is 0.00962. The summed E-state index contributed by atoms with van der Waals surface area (Å²) in [5, 5.41) is 11.4. The van der Waals surface area contributed by atoms with Crippen molar-refractivity contribution < 1.29 is 19.5 Å². The molecule has 0 bridgehead atoms.